The van der Waals surface area contributed by atoms with Crippen molar-refractivity contribution in [1.82, 2.24) is 4.31 Å². The Kier molecular flexibility index (Phi) is 5.11. The summed E-state index contributed by atoms with van der Waals surface area (Å²) < 4.78 is 32.8. The van der Waals surface area contributed by atoms with Gasteiger partial charge in [-0.25, -0.2) is 8.42 Å². The summed E-state index contributed by atoms with van der Waals surface area (Å²) in [6.45, 7) is 6.27. The zero-order chi connectivity index (χ0) is 15.6. The lowest BCUT2D eigenvalue weighted by Crippen LogP contribution is -2.32. The van der Waals surface area contributed by atoms with Crippen LogP contribution >= 0.6 is 0 Å². The zero-order valence-electron chi connectivity index (χ0n) is 13.1. The summed E-state index contributed by atoms with van der Waals surface area (Å²) in [6, 6.07) is 0. The highest BCUT2D eigenvalue weighted by Gasteiger charge is 2.33. The quantitative estimate of drug-likeness (QED) is 0.927. The molecule has 1 saturated heterocycles. The van der Waals surface area contributed by atoms with Crippen molar-refractivity contribution in [3.05, 3.63) is 17.1 Å². The number of nitrogens with zero attached hydrogens (tertiary/aromatic N) is 1. The van der Waals surface area contributed by atoms with Gasteiger partial charge in [-0.3, -0.25) is 0 Å². The maximum absolute atomic E-state index is 12.9. The molecule has 0 saturated carbocycles. The Hall–Kier alpha value is -0.850. The van der Waals surface area contributed by atoms with Gasteiger partial charge in [-0.05, 0) is 39.0 Å². The van der Waals surface area contributed by atoms with Crippen molar-refractivity contribution in [2.75, 3.05) is 13.1 Å². The number of rotatable bonds is 4. The molecule has 0 aliphatic carbocycles. The molecule has 1 fully saturated rings. The van der Waals surface area contributed by atoms with E-state index < -0.39 is 10.0 Å². The average molecular weight is 315 g/mol. The van der Waals surface area contributed by atoms with E-state index in [9.17, 15) is 13.5 Å². The molecule has 0 aromatic carbocycles. The summed E-state index contributed by atoms with van der Waals surface area (Å²) in [5, 5.41) is 9.47. The monoisotopic (exact) mass is 315 g/mol. The summed E-state index contributed by atoms with van der Waals surface area (Å²) in [7, 11) is -3.59. The Morgan fingerprint density at radius 1 is 1.24 bits per heavy atom. The third kappa shape index (κ3) is 3.17. The van der Waals surface area contributed by atoms with Crippen LogP contribution in [0.15, 0.2) is 9.31 Å². The fourth-order valence-electron chi connectivity index (χ4n) is 3.15. The van der Waals surface area contributed by atoms with Crippen molar-refractivity contribution >= 4 is 10.0 Å². The standard InChI is InChI=1S/C15H25NO4S/c1-4-13-6-5-8-16(9-7-13)21(18,19)15-12(3)20-11(2)14(15)10-17/h13,17H,4-10H2,1-3H3. The minimum absolute atomic E-state index is 0.164. The minimum Gasteiger partial charge on any atom is -0.465 e. The van der Waals surface area contributed by atoms with Crippen molar-refractivity contribution in [1.29, 1.82) is 0 Å². The molecule has 5 nitrogen and oxygen atoms in total. The van der Waals surface area contributed by atoms with Gasteiger partial charge < -0.3 is 9.52 Å². The van der Waals surface area contributed by atoms with Gasteiger partial charge in [0.25, 0.3) is 0 Å². The first-order valence-electron chi connectivity index (χ1n) is 7.61. The van der Waals surface area contributed by atoms with E-state index in [1.807, 2.05) is 0 Å². The van der Waals surface area contributed by atoms with Crippen LogP contribution in [-0.2, 0) is 16.6 Å². The van der Waals surface area contributed by atoms with E-state index in [-0.39, 0.29) is 11.5 Å². The lowest BCUT2D eigenvalue weighted by atomic mass is 9.98. The Morgan fingerprint density at radius 2 is 1.95 bits per heavy atom. The summed E-state index contributed by atoms with van der Waals surface area (Å²) in [4.78, 5) is 0.164. The van der Waals surface area contributed by atoms with E-state index in [0.29, 0.717) is 36.1 Å². The van der Waals surface area contributed by atoms with Gasteiger partial charge in [0.2, 0.25) is 10.0 Å². The average Bonchev–Trinajstić information content (AvgIpc) is 2.63. The highest BCUT2D eigenvalue weighted by molar-refractivity contribution is 7.89. The predicted octanol–water partition coefficient (Wildman–Crippen LogP) is 2.59. The summed E-state index contributed by atoms with van der Waals surface area (Å²) in [5.41, 5.74) is 0.392. The summed E-state index contributed by atoms with van der Waals surface area (Å²) >= 11 is 0. The van der Waals surface area contributed by atoms with Crippen molar-refractivity contribution in [3.8, 4) is 0 Å². The van der Waals surface area contributed by atoms with Gasteiger partial charge in [-0.2, -0.15) is 4.31 Å². The van der Waals surface area contributed by atoms with Crippen LogP contribution in [-0.4, -0.2) is 30.9 Å². The van der Waals surface area contributed by atoms with Crippen molar-refractivity contribution < 1.29 is 17.9 Å². The molecule has 1 aromatic rings. The molecular weight excluding hydrogens is 290 g/mol. The van der Waals surface area contributed by atoms with Crippen LogP contribution in [0.4, 0.5) is 0 Å². The molecule has 1 N–H and O–H groups in total. The molecule has 120 valence electrons. The molecule has 2 heterocycles. The third-order valence-electron chi connectivity index (χ3n) is 4.46. The van der Waals surface area contributed by atoms with Crippen LogP contribution in [0, 0.1) is 19.8 Å². The van der Waals surface area contributed by atoms with E-state index in [0.717, 1.165) is 25.7 Å². The lowest BCUT2D eigenvalue weighted by molar-refractivity contribution is 0.276. The zero-order valence-corrected chi connectivity index (χ0v) is 13.9. The van der Waals surface area contributed by atoms with E-state index in [1.54, 1.807) is 18.2 Å². The first kappa shape index (κ1) is 16.5. The Morgan fingerprint density at radius 3 is 2.57 bits per heavy atom. The summed E-state index contributed by atoms with van der Waals surface area (Å²) in [5.74, 6) is 1.46. The molecule has 1 aliphatic rings. The number of sulfonamides is 1. The molecule has 1 atom stereocenters. The largest absolute Gasteiger partial charge is 0.465 e. The van der Waals surface area contributed by atoms with Gasteiger partial charge >= 0.3 is 0 Å². The van der Waals surface area contributed by atoms with Gasteiger partial charge in [0.1, 0.15) is 16.4 Å². The number of aliphatic hydroxyl groups is 1. The normalized spacial score (nSPS) is 21.4. The molecule has 1 aliphatic heterocycles. The number of hydrogen-bond acceptors (Lipinski definition) is 4. The second-order valence-electron chi connectivity index (χ2n) is 5.79. The van der Waals surface area contributed by atoms with Gasteiger partial charge in [0.05, 0.1) is 6.61 Å². The first-order valence-corrected chi connectivity index (χ1v) is 9.05. The highest BCUT2D eigenvalue weighted by Crippen LogP contribution is 2.31. The second-order valence-corrected chi connectivity index (χ2v) is 7.66. The van der Waals surface area contributed by atoms with E-state index >= 15 is 0 Å². The van der Waals surface area contributed by atoms with Crippen molar-refractivity contribution in [2.24, 2.45) is 5.92 Å². The van der Waals surface area contributed by atoms with Crippen LogP contribution in [0.2, 0.25) is 0 Å². The Bertz CT molecular complexity index is 591. The molecule has 6 heteroatoms. The molecule has 21 heavy (non-hydrogen) atoms. The topological polar surface area (TPSA) is 70.8 Å². The molecular formula is C15H25NO4S. The summed E-state index contributed by atoms with van der Waals surface area (Å²) in [6.07, 6.45) is 3.97. The molecule has 1 unspecified atom stereocenters. The van der Waals surface area contributed by atoms with Gasteiger partial charge in [0, 0.05) is 18.7 Å². The Balaban J connectivity index is 2.34. The van der Waals surface area contributed by atoms with Crippen molar-refractivity contribution in [3.63, 3.8) is 0 Å². The first-order chi connectivity index (χ1) is 9.91. The van der Waals surface area contributed by atoms with E-state index in [4.69, 9.17) is 4.42 Å². The fourth-order valence-corrected chi connectivity index (χ4v) is 5.05. The van der Waals surface area contributed by atoms with Crippen LogP contribution in [0.5, 0.6) is 0 Å². The SMILES string of the molecule is CCC1CCCN(S(=O)(=O)c2c(C)oc(C)c2CO)CC1. The number of aliphatic hydroxyl groups excluding tert-OH is 1. The predicted molar refractivity (Wildman–Crippen MR) is 80.5 cm³/mol. The van der Waals surface area contributed by atoms with Crippen LogP contribution < -0.4 is 0 Å². The van der Waals surface area contributed by atoms with Gasteiger partial charge in [-0.15, -0.1) is 0 Å². The van der Waals surface area contributed by atoms with Crippen molar-refractivity contribution in [2.45, 2.75) is 58.0 Å². The molecule has 1 aromatic heterocycles. The molecule has 0 spiro atoms. The van der Waals surface area contributed by atoms with E-state index in [2.05, 4.69) is 6.92 Å². The highest BCUT2D eigenvalue weighted by atomic mass is 32.2. The third-order valence-corrected chi connectivity index (χ3v) is 6.56. The van der Waals surface area contributed by atoms with Gasteiger partial charge in [0.15, 0.2) is 0 Å². The Labute approximate surface area is 127 Å². The fraction of sp³-hybridized carbons (Fsp3) is 0.733. The molecule has 2 rings (SSSR count). The van der Waals surface area contributed by atoms with Crippen LogP contribution in [0.25, 0.3) is 0 Å². The molecule has 0 radical (unpaired) electrons. The van der Waals surface area contributed by atoms with E-state index in [1.165, 1.54) is 0 Å². The smallest absolute Gasteiger partial charge is 0.246 e. The minimum atomic E-state index is -3.59. The lowest BCUT2D eigenvalue weighted by Gasteiger charge is -2.20. The van der Waals surface area contributed by atoms with Crippen LogP contribution in [0.3, 0.4) is 0 Å². The maximum Gasteiger partial charge on any atom is 0.246 e. The number of furan rings is 1. The molecule has 0 bridgehead atoms. The number of hydrogen-bond donors (Lipinski definition) is 1. The van der Waals surface area contributed by atoms with Crippen LogP contribution in [0.1, 0.15) is 49.7 Å². The molecule has 0 amide bonds. The van der Waals surface area contributed by atoms with Gasteiger partial charge in [-0.1, -0.05) is 13.3 Å². The maximum atomic E-state index is 12.9. The second kappa shape index (κ2) is 6.50. The number of aryl methyl sites for hydroxylation is 2.